The molecule has 0 radical (unpaired) electrons. The van der Waals surface area contributed by atoms with Crippen molar-refractivity contribution >= 4 is 20.7 Å². The maximum atomic E-state index is 11.4. The summed E-state index contributed by atoms with van der Waals surface area (Å²) in [6.07, 6.45) is 5.53. The van der Waals surface area contributed by atoms with Crippen molar-refractivity contribution in [3.8, 4) is 0 Å². The van der Waals surface area contributed by atoms with Gasteiger partial charge in [-0.1, -0.05) is 42.5 Å². The number of para-hydroxylation sites is 1. The predicted molar refractivity (Wildman–Crippen MR) is 108 cm³/mol. The summed E-state index contributed by atoms with van der Waals surface area (Å²) in [5.41, 5.74) is 3.27. The van der Waals surface area contributed by atoms with Crippen LogP contribution in [0.1, 0.15) is 30.0 Å². The maximum absolute atomic E-state index is 11.4. The highest BCUT2D eigenvalue weighted by Crippen LogP contribution is 2.26. The van der Waals surface area contributed by atoms with Gasteiger partial charge in [0.25, 0.3) is 0 Å². The minimum atomic E-state index is -2.99. The lowest BCUT2D eigenvalue weighted by atomic mass is 10.0. The van der Waals surface area contributed by atoms with Crippen molar-refractivity contribution in [1.82, 2.24) is 14.7 Å². The number of piperidine rings is 1. The van der Waals surface area contributed by atoms with Crippen LogP contribution in [-0.2, 0) is 22.1 Å². The Hall–Kier alpha value is -2.18. The highest BCUT2D eigenvalue weighted by molar-refractivity contribution is 7.89. The average Bonchev–Trinajstić information content (AvgIpc) is 3.07. The van der Waals surface area contributed by atoms with E-state index in [1.54, 1.807) is 0 Å². The quantitative estimate of drug-likeness (QED) is 0.677. The zero-order chi connectivity index (χ0) is 18.9. The number of hydrogen-bond donors (Lipinski definition) is 0. The topological polar surface area (TPSA) is 55.2 Å². The summed E-state index contributed by atoms with van der Waals surface area (Å²) in [6, 6.07) is 16.7. The number of sulfone groups is 1. The van der Waals surface area contributed by atoms with Crippen LogP contribution >= 0.6 is 0 Å². The van der Waals surface area contributed by atoms with E-state index >= 15 is 0 Å². The number of fused-ring (bicyclic) bond motifs is 1. The number of nitrogens with zero attached hydrogens (tertiary/aromatic N) is 3. The fraction of sp³-hybridized carbons (Fsp3) is 0.381. The molecule has 2 aromatic carbocycles. The first-order chi connectivity index (χ1) is 13.0. The van der Waals surface area contributed by atoms with Crippen LogP contribution in [0.5, 0.6) is 0 Å². The SMILES string of the molecule is CS(=O)(=O)Cc1ccc(CN2CCCC(n3ncc4ccccc43)C2)cc1. The number of aromatic nitrogens is 2. The molecular weight excluding hydrogens is 358 g/mol. The number of rotatable bonds is 5. The summed E-state index contributed by atoms with van der Waals surface area (Å²) in [6.45, 7) is 2.95. The van der Waals surface area contributed by atoms with Crippen LogP contribution in [0.3, 0.4) is 0 Å². The lowest BCUT2D eigenvalue weighted by Gasteiger charge is -2.33. The summed E-state index contributed by atoms with van der Waals surface area (Å²) in [5, 5.41) is 5.83. The molecule has 0 spiro atoms. The Kier molecular flexibility index (Phi) is 5.02. The number of likely N-dealkylation sites (tertiary alicyclic amines) is 1. The van der Waals surface area contributed by atoms with E-state index in [0.717, 1.165) is 38.0 Å². The highest BCUT2D eigenvalue weighted by Gasteiger charge is 2.23. The molecule has 4 rings (SSSR count). The molecule has 1 saturated heterocycles. The summed E-state index contributed by atoms with van der Waals surface area (Å²) >= 11 is 0. The van der Waals surface area contributed by atoms with Crippen LogP contribution < -0.4 is 0 Å². The Morgan fingerprint density at radius 1 is 1.07 bits per heavy atom. The monoisotopic (exact) mass is 383 g/mol. The van der Waals surface area contributed by atoms with E-state index in [2.05, 4.69) is 38.9 Å². The van der Waals surface area contributed by atoms with Crippen LogP contribution in [0, 0.1) is 0 Å². The Labute approximate surface area is 160 Å². The third-order valence-electron chi connectivity index (χ3n) is 5.19. The van der Waals surface area contributed by atoms with Gasteiger partial charge >= 0.3 is 0 Å². The maximum Gasteiger partial charge on any atom is 0.151 e. The summed E-state index contributed by atoms with van der Waals surface area (Å²) < 4.78 is 25.0. The van der Waals surface area contributed by atoms with Gasteiger partial charge in [-0.05, 0) is 36.6 Å². The summed E-state index contributed by atoms with van der Waals surface area (Å²) in [5.74, 6) is 0.103. The second-order valence-electron chi connectivity index (χ2n) is 7.57. The van der Waals surface area contributed by atoms with Crippen LogP contribution in [0.15, 0.2) is 54.7 Å². The van der Waals surface area contributed by atoms with E-state index < -0.39 is 9.84 Å². The average molecular weight is 384 g/mol. The minimum Gasteiger partial charge on any atom is -0.297 e. The van der Waals surface area contributed by atoms with Crippen molar-refractivity contribution in [2.75, 3.05) is 19.3 Å². The molecule has 1 unspecified atom stereocenters. The van der Waals surface area contributed by atoms with Crippen molar-refractivity contribution in [3.63, 3.8) is 0 Å². The Morgan fingerprint density at radius 3 is 2.59 bits per heavy atom. The Bertz CT molecular complexity index is 1030. The first-order valence-corrected chi connectivity index (χ1v) is 11.4. The molecule has 1 aliphatic rings. The van der Waals surface area contributed by atoms with E-state index in [-0.39, 0.29) is 5.75 Å². The standard InChI is InChI=1S/C21H25N3O2S/c1-27(25,26)16-18-10-8-17(9-11-18)14-23-12-4-6-20(15-23)24-21-7-3-2-5-19(21)13-22-24/h2-3,5,7-11,13,20H,4,6,12,14-16H2,1H3. The molecule has 6 heteroatoms. The molecule has 1 atom stereocenters. The molecule has 0 bridgehead atoms. The summed E-state index contributed by atoms with van der Waals surface area (Å²) in [7, 11) is -2.99. The van der Waals surface area contributed by atoms with Gasteiger partial charge in [-0.15, -0.1) is 0 Å². The molecule has 0 N–H and O–H groups in total. The van der Waals surface area contributed by atoms with Gasteiger partial charge in [0.15, 0.2) is 9.84 Å². The molecular formula is C21H25N3O2S. The van der Waals surface area contributed by atoms with E-state index in [0.29, 0.717) is 6.04 Å². The third kappa shape index (κ3) is 4.39. The lowest BCUT2D eigenvalue weighted by molar-refractivity contribution is 0.165. The molecule has 0 saturated carbocycles. The number of hydrogen-bond acceptors (Lipinski definition) is 4. The van der Waals surface area contributed by atoms with Gasteiger partial charge in [0.1, 0.15) is 0 Å². The Morgan fingerprint density at radius 2 is 1.81 bits per heavy atom. The van der Waals surface area contributed by atoms with Crippen molar-refractivity contribution in [1.29, 1.82) is 0 Å². The molecule has 5 nitrogen and oxygen atoms in total. The van der Waals surface area contributed by atoms with Gasteiger partial charge in [0, 0.05) is 24.7 Å². The molecule has 1 aliphatic heterocycles. The molecule has 0 aliphatic carbocycles. The van der Waals surface area contributed by atoms with E-state index in [4.69, 9.17) is 0 Å². The molecule has 0 amide bonds. The van der Waals surface area contributed by atoms with E-state index in [1.165, 1.54) is 22.7 Å². The van der Waals surface area contributed by atoms with Crippen LogP contribution in [0.4, 0.5) is 0 Å². The van der Waals surface area contributed by atoms with Crippen molar-refractivity contribution in [3.05, 3.63) is 65.9 Å². The fourth-order valence-corrected chi connectivity index (χ4v) is 4.76. The van der Waals surface area contributed by atoms with Crippen LogP contribution in [0.2, 0.25) is 0 Å². The fourth-order valence-electron chi connectivity index (χ4n) is 3.96. The minimum absolute atomic E-state index is 0.103. The third-order valence-corrected chi connectivity index (χ3v) is 6.05. The second kappa shape index (κ2) is 7.44. The van der Waals surface area contributed by atoms with Gasteiger partial charge in [-0.2, -0.15) is 5.10 Å². The van der Waals surface area contributed by atoms with E-state index in [9.17, 15) is 8.42 Å². The normalized spacial score (nSPS) is 18.8. The predicted octanol–water partition coefficient (Wildman–Crippen LogP) is 3.42. The summed E-state index contributed by atoms with van der Waals surface area (Å²) in [4.78, 5) is 2.47. The largest absolute Gasteiger partial charge is 0.297 e. The zero-order valence-corrected chi connectivity index (χ0v) is 16.4. The second-order valence-corrected chi connectivity index (χ2v) is 9.71. The molecule has 2 heterocycles. The van der Waals surface area contributed by atoms with Gasteiger partial charge in [-0.25, -0.2) is 8.42 Å². The first kappa shape index (κ1) is 18.2. The van der Waals surface area contributed by atoms with Gasteiger partial charge in [0.05, 0.1) is 23.5 Å². The van der Waals surface area contributed by atoms with Gasteiger partial charge < -0.3 is 0 Å². The van der Waals surface area contributed by atoms with Crippen LogP contribution in [0.25, 0.3) is 10.9 Å². The van der Waals surface area contributed by atoms with Gasteiger partial charge in [0.2, 0.25) is 0 Å². The molecule has 1 aromatic heterocycles. The van der Waals surface area contributed by atoms with Crippen molar-refractivity contribution in [2.24, 2.45) is 0 Å². The molecule has 3 aromatic rings. The van der Waals surface area contributed by atoms with Gasteiger partial charge in [-0.3, -0.25) is 9.58 Å². The van der Waals surface area contributed by atoms with E-state index in [1.807, 2.05) is 30.5 Å². The Balaban J connectivity index is 1.44. The zero-order valence-electron chi connectivity index (χ0n) is 15.6. The smallest absolute Gasteiger partial charge is 0.151 e. The number of benzene rings is 2. The molecule has 142 valence electrons. The molecule has 27 heavy (non-hydrogen) atoms. The highest BCUT2D eigenvalue weighted by atomic mass is 32.2. The van der Waals surface area contributed by atoms with Crippen molar-refractivity contribution < 1.29 is 8.42 Å². The molecule has 1 fully saturated rings. The van der Waals surface area contributed by atoms with Crippen molar-refractivity contribution in [2.45, 2.75) is 31.2 Å². The van der Waals surface area contributed by atoms with Crippen LogP contribution in [-0.4, -0.2) is 42.4 Å². The lowest BCUT2D eigenvalue weighted by Crippen LogP contribution is -2.36. The first-order valence-electron chi connectivity index (χ1n) is 9.38.